The highest BCUT2D eigenvalue weighted by molar-refractivity contribution is 4.81. The zero-order valence-electron chi connectivity index (χ0n) is 11.7. The molecule has 0 aliphatic carbocycles. The Hall–Kier alpha value is -0.0800. The monoisotopic (exact) mass is 214 g/mol. The molecule has 1 N–H and O–H groups in total. The maximum absolute atomic E-state index is 3.42. The molecule has 15 heavy (non-hydrogen) atoms. The van der Waals surface area contributed by atoms with Gasteiger partial charge in [0.25, 0.3) is 0 Å². The second-order valence-corrected chi connectivity index (χ2v) is 5.94. The van der Waals surface area contributed by atoms with Crippen molar-refractivity contribution in [3.05, 3.63) is 0 Å². The molecule has 2 unspecified atom stereocenters. The van der Waals surface area contributed by atoms with Crippen molar-refractivity contribution in [2.75, 3.05) is 27.2 Å². The lowest BCUT2D eigenvalue weighted by Crippen LogP contribution is -2.46. The Bertz CT molecular complexity index is 160. The van der Waals surface area contributed by atoms with Crippen LogP contribution in [-0.4, -0.2) is 38.1 Å². The van der Waals surface area contributed by atoms with Gasteiger partial charge in [0.2, 0.25) is 0 Å². The van der Waals surface area contributed by atoms with Gasteiger partial charge in [-0.1, -0.05) is 41.0 Å². The molecule has 2 nitrogen and oxygen atoms in total. The summed E-state index contributed by atoms with van der Waals surface area (Å²) in [6.45, 7) is 13.8. The molecule has 0 heterocycles. The van der Waals surface area contributed by atoms with Crippen molar-refractivity contribution >= 4 is 0 Å². The van der Waals surface area contributed by atoms with Crippen LogP contribution in [0.15, 0.2) is 0 Å². The maximum Gasteiger partial charge on any atom is 0.0240 e. The second kappa shape index (κ2) is 6.49. The van der Waals surface area contributed by atoms with Gasteiger partial charge in [-0.15, -0.1) is 0 Å². The largest absolute Gasteiger partial charge is 0.315 e. The van der Waals surface area contributed by atoms with Crippen LogP contribution < -0.4 is 5.32 Å². The Morgan fingerprint density at radius 2 is 1.73 bits per heavy atom. The highest BCUT2D eigenvalue weighted by Crippen LogP contribution is 2.19. The molecular formula is C13H30N2. The highest BCUT2D eigenvalue weighted by atomic mass is 15.1. The second-order valence-electron chi connectivity index (χ2n) is 5.94. The summed E-state index contributed by atoms with van der Waals surface area (Å²) in [4.78, 5) is 2.45. The number of likely N-dealkylation sites (N-methyl/N-ethyl adjacent to an activating group) is 2. The molecule has 2 heteroatoms. The van der Waals surface area contributed by atoms with E-state index in [0.29, 0.717) is 11.5 Å². The first kappa shape index (κ1) is 14.9. The third-order valence-electron chi connectivity index (χ3n) is 3.21. The van der Waals surface area contributed by atoms with Crippen molar-refractivity contribution in [3.63, 3.8) is 0 Å². The molecule has 0 aromatic rings. The first-order chi connectivity index (χ1) is 6.81. The van der Waals surface area contributed by atoms with Gasteiger partial charge in [0.05, 0.1) is 0 Å². The molecule has 0 rings (SSSR count). The number of nitrogens with one attached hydrogen (secondary N) is 1. The molecule has 0 amide bonds. The number of nitrogens with zero attached hydrogens (tertiary/aromatic N) is 1. The summed E-state index contributed by atoms with van der Waals surface area (Å²) in [5.41, 5.74) is 0.332. The smallest absolute Gasteiger partial charge is 0.0240 e. The van der Waals surface area contributed by atoms with Crippen molar-refractivity contribution in [1.82, 2.24) is 10.2 Å². The molecule has 0 aliphatic heterocycles. The molecule has 0 aromatic carbocycles. The van der Waals surface area contributed by atoms with Crippen LogP contribution in [0, 0.1) is 11.3 Å². The van der Waals surface area contributed by atoms with Crippen molar-refractivity contribution in [1.29, 1.82) is 0 Å². The van der Waals surface area contributed by atoms with Gasteiger partial charge in [-0.05, 0) is 25.4 Å². The Balaban J connectivity index is 4.07. The standard InChI is InChI=1S/C13H30N2/c1-8-11(2)9-15(7)10-12(14-6)13(3,4)5/h11-12,14H,8-10H2,1-7H3. The molecule has 0 radical (unpaired) electrons. The van der Waals surface area contributed by atoms with Gasteiger partial charge < -0.3 is 10.2 Å². The fourth-order valence-corrected chi connectivity index (χ4v) is 1.85. The zero-order valence-corrected chi connectivity index (χ0v) is 11.7. The summed E-state index contributed by atoms with van der Waals surface area (Å²) < 4.78 is 0. The minimum Gasteiger partial charge on any atom is -0.315 e. The van der Waals surface area contributed by atoms with E-state index in [1.54, 1.807) is 0 Å². The molecule has 0 saturated carbocycles. The quantitative estimate of drug-likeness (QED) is 0.731. The van der Waals surface area contributed by atoms with Gasteiger partial charge in [0.1, 0.15) is 0 Å². The Kier molecular flexibility index (Phi) is 6.46. The highest BCUT2D eigenvalue weighted by Gasteiger charge is 2.24. The topological polar surface area (TPSA) is 15.3 Å². The minimum absolute atomic E-state index is 0.332. The normalized spacial score (nSPS) is 16.8. The SMILES string of the molecule is CCC(C)CN(C)CC(NC)C(C)(C)C. The van der Waals surface area contributed by atoms with Crippen molar-refractivity contribution in [3.8, 4) is 0 Å². The summed E-state index contributed by atoms with van der Waals surface area (Å²) in [6.07, 6.45) is 1.27. The van der Waals surface area contributed by atoms with Crippen LogP contribution in [-0.2, 0) is 0 Å². The first-order valence-corrected chi connectivity index (χ1v) is 6.17. The lowest BCUT2D eigenvalue weighted by molar-refractivity contribution is 0.187. The fraction of sp³-hybridized carbons (Fsp3) is 1.00. The average Bonchev–Trinajstić information content (AvgIpc) is 2.12. The van der Waals surface area contributed by atoms with Gasteiger partial charge in [0, 0.05) is 19.1 Å². The van der Waals surface area contributed by atoms with Gasteiger partial charge in [-0.2, -0.15) is 0 Å². The molecule has 0 spiro atoms. The molecule has 92 valence electrons. The lowest BCUT2D eigenvalue weighted by Gasteiger charge is -2.34. The van der Waals surface area contributed by atoms with Crippen LogP contribution in [0.2, 0.25) is 0 Å². The van der Waals surface area contributed by atoms with Crippen molar-refractivity contribution < 1.29 is 0 Å². The molecular weight excluding hydrogens is 184 g/mol. The predicted octanol–water partition coefficient (Wildman–Crippen LogP) is 2.60. The number of rotatable bonds is 6. The van der Waals surface area contributed by atoms with Crippen molar-refractivity contribution in [2.45, 2.75) is 47.1 Å². The summed E-state index contributed by atoms with van der Waals surface area (Å²) in [7, 11) is 4.29. The summed E-state index contributed by atoms with van der Waals surface area (Å²) in [6, 6.07) is 0.562. The van der Waals surface area contributed by atoms with E-state index in [1.807, 2.05) is 0 Å². The molecule has 0 saturated heterocycles. The van der Waals surface area contributed by atoms with E-state index in [-0.39, 0.29) is 0 Å². The average molecular weight is 214 g/mol. The molecule has 2 atom stereocenters. The molecule has 0 aliphatic rings. The van der Waals surface area contributed by atoms with Crippen LogP contribution in [0.3, 0.4) is 0 Å². The van der Waals surface area contributed by atoms with Crippen LogP contribution in [0.1, 0.15) is 41.0 Å². The third kappa shape index (κ3) is 6.16. The summed E-state index contributed by atoms with van der Waals surface area (Å²) >= 11 is 0. The summed E-state index contributed by atoms with van der Waals surface area (Å²) in [5.74, 6) is 0.799. The summed E-state index contributed by atoms with van der Waals surface area (Å²) in [5, 5.41) is 3.42. The van der Waals surface area contributed by atoms with Gasteiger partial charge in [-0.3, -0.25) is 0 Å². The minimum atomic E-state index is 0.332. The molecule has 0 fully saturated rings. The maximum atomic E-state index is 3.42. The Morgan fingerprint density at radius 3 is 2.07 bits per heavy atom. The fourth-order valence-electron chi connectivity index (χ4n) is 1.85. The van der Waals surface area contributed by atoms with Gasteiger partial charge in [0.15, 0.2) is 0 Å². The molecule has 0 aromatic heterocycles. The van der Waals surface area contributed by atoms with Gasteiger partial charge >= 0.3 is 0 Å². The van der Waals surface area contributed by atoms with E-state index in [2.05, 4.69) is 58.9 Å². The van der Waals surface area contributed by atoms with E-state index in [9.17, 15) is 0 Å². The van der Waals surface area contributed by atoms with E-state index < -0.39 is 0 Å². The van der Waals surface area contributed by atoms with E-state index in [4.69, 9.17) is 0 Å². The third-order valence-corrected chi connectivity index (χ3v) is 3.21. The van der Waals surface area contributed by atoms with Crippen LogP contribution in [0.5, 0.6) is 0 Å². The Morgan fingerprint density at radius 1 is 1.20 bits per heavy atom. The number of hydrogen-bond acceptors (Lipinski definition) is 2. The van der Waals surface area contributed by atoms with Crippen LogP contribution >= 0.6 is 0 Å². The lowest BCUT2D eigenvalue weighted by atomic mass is 9.86. The van der Waals surface area contributed by atoms with Crippen molar-refractivity contribution in [2.24, 2.45) is 11.3 Å². The van der Waals surface area contributed by atoms with Gasteiger partial charge in [-0.25, -0.2) is 0 Å². The van der Waals surface area contributed by atoms with E-state index in [1.165, 1.54) is 13.0 Å². The van der Waals surface area contributed by atoms with E-state index in [0.717, 1.165) is 12.5 Å². The first-order valence-electron chi connectivity index (χ1n) is 6.17. The molecule has 0 bridgehead atoms. The Labute approximate surface area is 96.4 Å². The van der Waals surface area contributed by atoms with E-state index >= 15 is 0 Å². The van der Waals surface area contributed by atoms with Crippen LogP contribution in [0.4, 0.5) is 0 Å². The number of hydrogen-bond donors (Lipinski definition) is 1. The zero-order chi connectivity index (χ0) is 12.1. The predicted molar refractivity (Wildman–Crippen MR) is 69.3 cm³/mol. The van der Waals surface area contributed by atoms with Crippen LogP contribution in [0.25, 0.3) is 0 Å².